The Morgan fingerprint density at radius 1 is 1.14 bits per heavy atom. The predicted octanol–water partition coefficient (Wildman–Crippen LogP) is 4.07. The van der Waals surface area contributed by atoms with Crippen molar-refractivity contribution < 1.29 is 14.0 Å². The summed E-state index contributed by atoms with van der Waals surface area (Å²) in [7, 11) is 0. The summed E-state index contributed by atoms with van der Waals surface area (Å²) in [5, 5.41) is 15.6. The molecule has 0 aliphatic carbocycles. The number of carbonyl (C=O) groups excluding carboxylic acids is 2. The molecule has 2 heterocycles. The number of amides is 2. The number of halogens is 1. The van der Waals surface area contributed by atoms with Gasteiger partial charge in [-0.1, -0.05) is 30.3 Å². The molecule has 3 aromatic rings. The van der Waals surface area contributed by atoms with Gasteiger partial charge >= 0.3 is 6.41 Å². The van der Waals surface area contributed by atoms with Crippen LogP contribution >= 0.6 is 0 Å². The van der Waals surface area contributed by atoms with Crippen LogP contribution in [0.25, 0.3) is 11.3 Å². The average molecular weight is 485 g/mol. The van der Waals surface area contributed by atoms with Crippen LogP contribution in [0.5, 0.6) is 0 Å². The minimum absolute atomic E-state index is 0.0840. The van der Waals surface area contributed by atoms with Crippen molar-refractivity contribution in [2.75, 3.05) is 25.0 Å². The summed E-state index contributed by atoms with van der Waals surface area (Å²) in [5.41, 5.74) is 2.88. The lowest BCUT2D eigenvalue weighted by Crippen LogP contribution is -2.46. The molecule has 36 heavy (non-hydrogen) atoms. The maximum atomic E-state index is 13.6. The van der Waals surface area contributed by atoms with Crippen molar-refractivity contribution in [3.63, 3.8) is 0 Å². The van der Waals surface area contributed by atoms with Gasteiger partial charge in [0.15, 0.2) is 0 Å². The Morgan fingerprint density at radius 3 is 2.81 bits per heavy atom. The fraction of sp³-hybridized carbons (Fsp3) is 0.286. The molecular formula is C28H27FN5O2. The number of benzene rings is 2. The fourth-order valence-corrected chi connectivity index (χ4v) is 4.39. The Balaban J connectivity index is 1.55. The van der Waals surface area contributed by atoms with Gasteiger partial charge in [0, 0.05) is 31.2 Å². The van der Waals surface area contributed by atoms with E-state index in [1.807, 2.05) is 24.6 Å². The molecule has 7 nitrogen and oxygen atoms in total. The van der Waals surface area contributed by atoms with Crippen LogP contribution in [0.3, 0.4) is 0 Å². The summed E-state index contributed by atoms with van der Waals surface area (Å²) in [5.74, 6) is -0.242. The van der Waals surface area contributed by atoms with Crippen LogP contribution in [-0.4, -0.2) is 47.9 Å². The Kier molecular flexibility index (Phi) is 8.24. The lowest BCUT2D eigenvalue weighted by Gasteiger charge is -2.32. The van der Waals surface area contributed by atoms with E-state index < -0.39 is 0 Å². The van der Waals surface area contributed by atoms with Gasteiger partial charge in [0.2, 0.25) is 0 Å². The third-order valence-electron chi connectivity index (χ3n) is 6.30. The standard InChI is InChI=1S/C28H27FN5O2/c29-22-8-5-6-20(16-22)13-14-31-27-25(28(36)32-18-23-9-3-4-15-34(23)19-35)11-12-26(33-27)24-10-2-1-7-21(24)17-30/h1-2,5-8,10-12,16,23H,3-4,9,13-15,18H2,(H,31,33)(H,32,36)/t23-/m1/s1. The number of aromatic nitrogens is 1. The molecule has 4 rings (SSSR count). The topological polar surface area (TPSA) is 98.1 Å². The molecule has 1 aliphatic rings. The highest BCUT2D eigenvalue weighted by Crippen LogP contribution is 2.25. The predicted molar refractivity (Wildman–Crippen MR) is 135 cm³/mol. The number of nitrogens with one attached hydrogen (secondary N) is 2. The van der Waals surface area contributed by atoms with Gasteiger partial charge in [0.1, 0.15) is 11.6 Å². The molecule has 0 spiro atoms. The minimum atomic E-state index is -0.313. The molecule has 1 radical (unpaired) electrons. The van der Waals surface area contributed by atoms with E-state index in [-0.39, 0.29) is 17.8 Å². The van der Waals surface area contributed by atoms with Crippen LogP contribution < -0.4 is 10.6 Å². The maximum Gasteiger partial charge on any atom is 0.312 e. The van der Waals surface area contributed by atoms with Crippen LogP contribution in [-0.2, 0) is 11.2 Å². The molecule has 1 atom stereocenters. The SMILES string of the molecule is N#Cc1ccccc1-c1ccc(C(=O)NC[C@H]2CCCCN2[C]=O)c(NCCc2cccc(F)c2)n1. The maximum absolute atomic E-state index is 13.6. The van der Waals surface area contributed by atoms with Crippen molar-refractivity contribution in [3.05, 3.63) is 83.2 Å². The lowest BCUT2D eigenvalue weighted by molar-refractivity contribution is 0.0937. The number of hydrogen-bond donors (Lipinski definition) is 2. The van der Waals surface area contributed by atoms with E-state index in [1.54, 1.807) is 35.2 Å². The number of nitrogens with zero attached hydrogens (tertiary/aromatic N) is 3. The molecule has 2 aromatic carbocycles. The Labute approximate surface area is 210 Å². The van der Waals surface area contributed by atoms with E-state index in [2.05, 4.69) is 21.7 Å². The summed E-state index contributed by atoms with van der Waals surface area (Å²) >= 11 is 0. The fourth-order valence-electron chi connectivity index (χ4n) is 4.39. The van der Waals surface area contributed by atoms with Crippen LogP contribution in [0, 0.1) is 17.1 Å². The molecule has 1 aliphatic heterocycles. The first-order valence-electron chi connectivity index (χ1n) is 12.0. The molecule has 1 aromatic heterocycles. The first kappa shape index (κ1) is 24.9. The van der Waals surface area contributed by atoms with Crippen LogP contribution in [0.2, 0.25) is 0 Å². The van der Waals surface area contributed by atoms with Crippen molar-refractivity contribution >= 4 is 18.1 Å². The monoisotopic (exact) mass is 484 g/mol. The van der Waals surface area contributed by atoms with Crippen molar-refractivity contribution in [1.82, 2.24) is 15.2 Å². The lowest BCUT2D eigenvalue weighted by atomic mass is 10.0. The first-order chi connectivity index (χ1) is 17.6. The Bertz CT molecular complexity index is 1270. The summed E-state index contributed by atoms with van der Waals surface area (Å²) in [6, 6.07) is 19.0. The highest BCUT2D eigenvalue weighted by molar-refractivity contribution is 5.99. The first-order valence-corrected chi connectivity index (χ1v) is 12.0. The van der Waals surface area contributed by atoms with Crippen LogP contribution in [0.4, 0.5) is 10.2 Å². The average Bonchev–Trinajstić information content (AvgIpc) is 2.92. The number of likely N-dealkylation sites (tertiary alicyclic amines) is 1. The van der Waals surface area contributed by atoms with Gasteiger partial charge in [-0.15, -0.1) is 0 Å². The number of anilines is 1. The third-order valence-corrected chi connectivity index (χ3v) is 6.30. The molecular weight excluding hydrogens is 457 g/mol. The molecule has 183 valence electrons. The number of piperidine rings is 1. The zero-order valence-corrected chi connectivity index (χ0v) is 19.8. The van der Waals surface area contributed by atoms with Gasteiger partial charge in [0.05, 0.1) is 22.9 Å². The molecule has 0 bridgehead atoms. The number of rotatable bonds is 9. The third kappa shape index (κ3) is 6.05. The largest absolute Gasteiger partial charge is 0.369 e. The Hall–Kier alpha value is -4.25. The van der Waals surface area contributed by atoms with Crippen LogP contribution in [0.15, 0.2) is 60.7 Å². The van der Waals surface area contributed by atoms with Crippen molar-refractivity contribution in [2.24, 2.45) is 0 Å². The minimum Gasteiger partial charge on any atom is -0.369 e. The van der Waals surface area contributed by atoms with Gasteiger partial charge in [-0.3, -0.25) is 9.59 Å². The summed E-state index contributed by atoms with van der Waals surface area (Å²) in [4.78, 5) is 30.7. The van der Waals surface area contributed by atoms with Crippen molar-refractivity contribution in [1.29, 1.82) is 5.26 Å². The molecule has 2 N–H and O–H groups in total. The normalized spacial score (nSPS) is 15.1. The van der Waals surface area contributed by atoms with E-state index in [0.29, 0.717) is 54.3 Å². The molecule has 8 heteroatoms. The van der Waals surface area contributed by atoms with Crippen molar-refractivity contribution in [3.8, 4) is 17.3 Å². The highest BCUT2D eigenvalue weighted by Gasteiger charge is 2.23. The number of nitriles is 1. The van der Waals surface area contributed by atoms with E-state index in [1.165, 1.54) is 12.1 Å². The second-order valence-electron chi connectivity index (χ2n) is 8.70. The number of pyridine rings is 1. The van der Waals surface area contributed by atoms with E-state index in [4.69, 9.17) is 0 Å². The summed E-state index contributed by atoms with van der Waals surface area (Å²) in [6.07, 6.45) is 5.26. The summed E-state index contributed by atoms with van der Waals surface area (Å²) in [6.45, 7) is 1.40. The second-order valence-corrected chi connectivity index (χ2v) is 8.70. The van der Waals surface area contributed by atoms with Crippen LogP contribution in [0.1, 0.15) is 40.7 Å². The van der Waals surface area contributed by atoms with Gasteiger partial charge in [-0.25, -0.2) is 9.37 Å². The number of carbonyl (C=O) groups is 1. The van der Waals surface area contributed by atoms with Gasteiger partial charge in [-0.05, 0) is 61.6 Å². The number of hydrogen-bond acceptors (Lipinski definition) is 5. The molecule has 1 saturated heterocycles. The molecule has 0 unspecified atom stereocenters. The Morgan fingerprint density at radius 2 is 2.00 bits per heavy atom. The van der Waals surface area contributed by atoms with Gasteiger partial charge in [-0.2, -0.15) is 5.26 Å². The zero-order chi connectivity index (χ0) is 25.3. The smallest absolute Gasteiger partial charge is 0.312 e. The highest BCUT2D eigenvalue weighted by atomic mass is 19.1. The summed E-state index contributed by atoms with van der Waals surface area (Å²) < 4.78 is 13.6. The molecule has 2 amide bonds. The van der Waals surface area contributed by atoms with Crippen molar-refractivity contribution in [2.45, 2.75) is 31.7 Å². The molecule has 1 fully saturated rings. The quantitative estimate of drug-likeness (QED) is 0.477. The van der Waals surface area contributed by atoms with Gasteiger partial charge < -0.3 is 15.5 Å². The van der Waals surface area contributed by atoms with E-state index >= 15 is 0 Å². The van der Waals surface area contributed by atoms with E-state index in [9.17, 15) is 19.2 Å². The zero-order valence-electron chi connectivity index (χ0n) is 19.8. The van der Waals surface area contributed by atoms with E-state index in [0.717, 1.165) is 24.8 Å². The van der Waals surface area contributed by atoms with Gasteiger partial charge in [0.25, 0.3) is 5.91 Å². The second kappa shape index (κ2) is 11.9. The molecule has 0 saturated carbocycles.